The Bertz CT molecular complexity index is 923. The molecular weight excluding hydrogens is 383 g/mol. The number of rotatable bonds is 6. The summed E-state index contributed by atoms with van der Waals surface area (Å²) in [7, 11) is 0. The zero-order valence-corrected chi connectivity index (χ0v) is 18.6. The molecule has 0 aliphatic rings. The van der Waals surface area contributed by atoms with Crippen LogP contribution in [0.15, 0.2) is 66.7 Å². The Balaban J connectivity index is 1.86. The fraction of sp³-hybridized carbons (Fsp3) is 0.308. The first-order chi connectivity index (χ1) is 13.3. The maximum Gasteiger partial charge on any atom is 0.0490 e. The fourth-order valence-electron chi connectivity index (χ4n) is 3.77. The van der Waals surface area contributed by atoms with E-state index in [9.17, 15) is 0 Å². The number of halogens is 2. The smallest absolute Gasteiger partial charge is 0.0490 e. The van der Waals surface area contributed by atoms with Gasteiger partial charge < -0.3 is 0 Å². The molecule has 0 aromatic heterocycles. The standard InChI is InChI=1S/C26H28Cl2/c1-18(2)16-22-24(27)15-14-23(25(22)28)26(3,4)17-19-10-12-21(13-11-19)20-8-6-5-7-9-20/h5-15,18H,16-17H2,1-4H3. The molecular formula is C26H28Cl2. The molecule has 3 aromatic rings. The summed E-state index contributed by atoms with van der Waals surface area (Å²) in [5, 5.41) is 1.59. The highest BCUT2D eigenvalue weighted by atomic mass is 35.5. The third kappa shape index (κ3) is 4.80. The Morgan fingerprint density at radius 2 is 1.39 bits per heavy atom. The minimum Gasteiger partial charge on any atom is -0.0840 e. The van der Waals surface area contributed by atoms with Gasteiger partial charge in [-0.15, -0.1) is 0 Å². The van der Waals surface area contributed by atoms with Crippen molar-refractivity contribution in [1.82, 2.24) is 0 Å². The lowest BCUT2D eigenvalue weighted by molar-refractivity contribution is 0.521. The van der Waals surface area contributed by atoms with Crippen molar-refractivity contribution < 1.29 is 0 Å². The first-order valence-corrected chi connectivity index (χ1v) is 10.7. The maximum absolute atomic E-state index is 6.83. The van der Waals surface area contributed by atoms with Gasteiger partial charge in [-0.2, -0.15) is 0 Å². The Morgan fingerprint density at radius 3 is 2.00 bits per heavy atom. The van der Waals surface area contributed by atoms with Crippen LogP contribution in [0.2, 0.25) is 10.0 Å². The van der Waals surface area contributed by atoms with Crippen molar-refractivity contribution in [2.45, 2.75) is 46.0 Å². The second kappa shape index (κ2) is 8.72. The van der Waals surface area contributed by atoms with Crippen LogP contribution in [0.4, 0.5) is 0 Å². The molecule has 0 amide bonds. The summed E-state index contributed by atoms with van der Waals surface area (Å²) in [6.07, 6.45) is 1.82. The van der Waals surface area contributed by atoms with Crippen LogP contribution in [0.1, 0.15) is 44.4 Å². The van der Waals surface area contributed by atoms with Gasteiger partial charge in [-0.1, -0.05) is 112 Å². The van der Waals surface area contributed by atoms with Crippen LogP contribution in [0.25, 0.3) is 11.1 Å². The number of hydrogen-bond acceptors (Lipinski definition) is 0. The van der Waals surface area contributed by atoms with Crippen LogP contribution < -0.4 is 0 Å². The SMILES string of the molecule is CC(C)Cc1c(Cl)ccc(C(C)(C)Cc2ccc(-c3ccccc3)cc2)c1Cl. The molecule has 0 nitrogen and oxygen atoms in total. The van der Waals surface area contributed by atoms with E-state index in [2.05, 4.69) is 82.3 Å². The normalized spacial score (nSPS) is 11.8. The van der Waals surface area contributed by atoms with Crippen molar-refractivity contribution >= 4 is 23.2 Å². The summed E-state index contributed by atoms with van der Waals surface area (Å²) in [6.45, 7) is 8.90. The lowest BCUT2D eigenvalue weighted by Gasteiger charge is -2.28. The molecule has 28 heavy (non-hydrogen) atoms. The van der Waals surface area contributed by atoms with E-state index in [4.69, 9.17) is 23.2 Å². The van der Waals surface area contributed by atoms with E-state index in [0.717, 1.165) is 28.5 Å². The number of benzene rings is 3. The van der Waals surface area contributed by atoms with Crippen molar-refractivity contribution in [3.05, 3.63) is 93.5 Å². The highest BCUT2D eigenvalue weighted by Gasteiger charge is 2.26. The summed E-state index contributed by atoms with van der Waals surface area (Å²) in [5.41, 5.74) is 5.95. The molecule has 2 heteroatoms. The topological polar surface area (TPSA) is 0 Å². The minimum atomic E-state index is -0.0817. The third-order valence-electron chi connectivity index (χ3n) is 5.23. The van der Waals surface area contributed by atoms with Gasteiger partial charge in [0.25, 0.3) is 0 Å². The molecule has 0 atom stereocenters. The van der Waals surface area contributed by atoms with E-state index >= 15 is 0 Å². The first-order valence-electron chi connectivity index (χ1n) is 9.89. The molecule has 0 heterocycles. The molecule has 0 fully saturated rings. The quantitative estimate of drug-likeness (QED) is 0.382. The van der Waals surface area contributed by atoms with Crippen LogP contribution in [-0.2, 0) is 18.3 Å². The van der Waals surface area contributed by atoms with Crippen molar-refractivity contribution in [2.75, 3.05) is 0 Å². The van der Waals surface area contributed by atoms with Crippen LogP contribution in [-0.4, -0.2) is 0 Å². The van der Waals surface area contributed by atoms with Gasteiger partial charge in [-0.25, -0.2) is 0 Å². The van der Waals surface area contributed by atoms with Crippen LogP contribution >= 0.6 is 23.2 Å². The minimum absolute atomic E-state index is 0.0817. The van der Waals surface area contributed by atoms with E-state index in [-0.39, 0.29) is 5.41 Å². The van der Waals surface area contributed by atoms with Gasteiger partial charge in [0.15, 0.2) is 0 Å². The van der Waals surface area contributed by atoms with Crippen molar-refractivity contribution in [2.24, 2.45) is 5.92 Å². The molecule has 3 aromatic carbocycles. The molecule has 0 radical (unpaired) electrons. The maximum atomic E-state index is 6.83. The second-order valence-electron chi connectivity index (χ2n) is 8.61. The van der Waals surface area contributed by atoms with Crippen LogP contribution in [0, 0.1) is 5.92 Å². The molecule has 0 bridgehead atoms. The van der Waals surface area contributed by atoms with Gasteiger partial charge in [0.05, 0.1) is 0 Å². The molecule has 0 saturated heterocycles. The Labute approximate surface area is 179 Å². The van der Waals surface area contributed by atoms with E-state index in [1.54, 1.807) is 0 Å². The highest BCUT2D eigenvalue weighted by molar-refractivity contribution is 6.36. The summed E-state index contributed by atoms with van der Waals surface area (Å²) >= 11 is 13.3. The largest absolute Gasteiger partial charge is 0.0840 e. The fourth-order valence-corrected chi connectivity index (χ4v) is 4.55. The van der Waals surface area contributed by atoms with Gasteiger partial charge in [-0.05, 0) is 58.1 Å². The lowest BCUT2D eigenvalue weighted by Crippen LogP contribution is -2.21. The van der Waals surface area contributed by atoms with Gasteiger partial charge in [0.2, 0.25) is 0 Å². The third-order valence-corrected chi connectivity index (χ3v) is 6.02. The van der Waals surface area contributed by atoms with Crippen LogP contribution in [0.3, 0.4) is 0 Å². The summed E-state index contributed by atoms with van der Waals surface area (Å²) in [4.78, 5) is 0. The zero-order valence-electron chi connectivity index (χ0n) is 17.1. The number of hydrogen-bond donors (Lipinski definition) is 0. The molecule has 0 aliphatic carbocycles. The van der Waals surface area contributed by atoms with Gasteiger partial charge >= 0.3 is 0 Å². The Morgan fingerprint density at radius 1 is 0.786 bits per heavy atom. The average molecular weight is 411 g/mol. The molecule has 146 valence electrons. The molecule has 0 unspecified atom stereocenters. The average Bonchev–Trinajstić information content (AvgIpc) is 2.65. The monoisotopic (exact) mass is 410 g/mol. The van der Waals surface area contributed by atoms with Crippen molar-refractivity contribution in [3.63, 3.8) is 0 Å². The molecule has 0 spiro atoms. The van der Waals surface area contributed by atoms with Gasteiger partial charge in [-0.3, -0.25) is 0 Å². The van der Waals surface area contributed by atoms with Crippen molar-refractivity contribution in [1.29, 1.82) is 0 Å². The predicted molar refractivity (Wildman–Crippen MR) is 124 cm³/mol. The van der Waals surface area contributed by atoms with Gasteiger partial charge in [0, 0.05) is 10.0 Å². The second-order valence-corrected chi connectivity index (χ2v) is 9.39. The Hall–Kier alpha value is -1.76. The first kappa shape index (κ1) is 21.0. The van der Waals surface area contributed by atoms with Crippen molar-refractivity contribution in [3.8, 4) is 11.1 Å². The predicted octanol–water partition coefficient (Wildman–Crippen LogP) is 8.38. The lowest BCUT2D eigenvalue weighted by atomic mass is 9.78. The highest BCUT2D eigenvalue weighted by Crippen LogP contribution is 2.38. The Kier molecular flexibility index (Phi) is 6.53. The van der Waals surface area contributed by atoms with E-state index in [1.807, 2.05) is 12.1 Å². The van der Waals surface area contributed by atoms with E-state index in [0.29, 0.717) is 5.92 Å². The molecule has 0 aliphatic heterocycles. The molecule has 3 rings (SSSR count). The summed E-state index contributed by atoms with van der Waals surface area (Å²) in [5.74, 6) is 0.513. The van der Waals surface area contributed by atoms with E-state index in [1.165, 1.54) is 22.3 Å². The van der Waals surface area contributed by atoms with Gasteiger partial charge in [0.1, 0.15) is 0 Å². The summed E-state index contributed by atoms with van der Waals surface area (Å²) < 4.78 is 0. The van der Waals surface area contributed by atoms with E-state index < -0.39 is 0 Å². The zero-order chi connectivity index (χ0) is 20.3. The van der Waals surface area contributed by atoms with Crippen LogP contribution in [0.5, 0.6) is 0 Å². The summed E-state index contributed by atoms with van der Waals surface area (Å²) in [6, 6.07) is 23.4. The molecule has 0 saturated carbocycles. The molecule has 0 N–H and O–H groups in total.